The van der Waals surface area contributed by atoms with Crippen LogP contribution in [0.2, 0.25) is 5.02 Å². The molecule has 1 N–H and O–H groups in total. The van der Waals surface area contributed by atoms with E-state index in [4.69, 9.17) is 11.6 Å². The molecule has 0 aliphatic heterocycles. The molecule has 3 aromatic rings. The normalized spacial score (nSPS) is 10.4. The second kappa shape index (κ2) is 8.50. The highest BCUT2D eigenvalue weighted by atomic mass is 35.5. The minimum absolute atomic E-state index is 0.105. The number of aromatic nitrogens is 1. The summed E-state index contributed by atoms with van der Waals surface area (Å²) in [7, 11) is 1.78. The van der Waals surface area contributed by atoms with Crippen molar-refractivity contribution in [1.29, 1.82) is 0 Å². The highest BCUT2D eigenvalue weighted by molar-refractivity contribution is 6.31. The minimum atomic E-state index is -0.105. The monoisotopic (exact) mass is 365 g/mol. The number of halogens is 1. The van der Waals surface area contributed by atoms with E-state index in [-0.39, 0.29) is 5.91 Å². The highest BCUT2D eigenvalue weighted by Gasteiger charge is 2.13. The van der Waals surface area contributed by atoms with E-state index < -0.39 is 0 Å². The Bertz CT molecular complexity index is 866. The van der Waals surface area contributed by atoms with Crippen molar-refractivity contribution in [1.82, 2.24) is 9.88 Å². The van der Waals surface area contributed by atoms with Gasteiger partial charge in [0.2, 0.25) is 0 Å². The molecule has 0 spiro atoms. The molecule has 0 radical (unpaired) electrons. The number of nitrogens with one attached hydrogen (secondary N) is 1. The largest absolute Gasteiger partial charge is 0.380 e. The lowest BCUT2D eigenvalue weighted by Crippen LogP contribution is -2.26. The van der Waals surface area contributed by atoms with Crippen molar-refractivity contribution in [2.24, 2.45) is 0 Å². The van der Waals surface area contributed by atoms with Crippen LogP contribution in [0.25, 0.3) is 0 Å². The van der Waals surface area contributed by atoms with Crippen LogP contribution in [0.5, 0.6) is 0 Å². The number of pyridine rings is 1. The fourth-order valence-electron chi connectivity index (χ4n) is 2.59. The molecule has 0 bridgehead atoms. The van der Waals surface area contributed by atoms with Crippen molar-refractivity contribution < 1.29 is 4.79 Å². The van der Waals surface area contributed by atoms with E-state index in [1.165, 1.54) is 0 Å². The Balaban J connectivity index is 1.60. The second-order valence-corrected chi connectivity index (χ2v) is 6.43. The standard InChI is InChI=1S/C21H20ClN3O/c1-25(15-16-7-3-2-4-8-16)21(26)20-12-11-18(14-24-20)23-13-17-9-5-6-10-19(17)22/h2-12,14,23H,13,15H2,1H3. The number of amides is 1. The molecular weight excluding hydrogens is 346 g/mol. The fraction of sp³-hybridized carbons (Fsp3) is 0.143. The number of carbonyl (C=O) groups excluding carboxylic acids is 1. The number of rotatable bonds is 6. The van der Waals surface area contributed by atoms with Gasteiger partial charge in [0.1, 0.15) is 5.69 Å². The van der Waals surface area contributed by atoms with Crippen molar-refractivity contribution in [2.45, 2.75) is 13.1 Å². The number of carbonyl (C=O) groups is 1. The van der Waals surface area contributed by atoms with Gasteiger partial charge in [-0.3, -0.25) is 4.79 Å². The SMILES string of the molecule is CN(Cc1ccccc1)C(=O)c1ccc(NCc2ccccc2Cl)cn1. The van der Waals surface area contributed by atoms with Gasteiger partial charge in [-0.15, -0.1) is 0 Å². The highest BCUT2D eigenvalue weighted by Crippen LogP contribution is 2.17. The Hall–Kier alpha value is -2.85. The molecule has 0 atom stereocenters. The molecule has 132 valence electrons. The van der Waals surface area contributed by atoms with Crippen LogP contribution in [0.3, 0.4) is 0 Å². The van der Waals surface area contributed by atoms with E-state index in [1.54, 1.807) is 24.2 Å². The molecule has 4 nitrogen and oxygen atoms in total. The molecule has 0 saturated heterocycles. The molecule has 1 heterocycles. The third kappa shape index (κ3) is 4.61. The second-order valence-electron chi connectivity index (χ2n) is 6.02. The average molecular weight is 366 g/mol. The average Bonchev–Trinajstić information content (AvgIpc) is 2.68. The van der Waals surface area contributed by atoms with Crippen molar-refractivity contribution in [3.8, 4) is 0 Å². The Kier molecular flexibility index (Phi) is 5.87. The van der Waals surface area contributed by atoms with Crippen LogP contribution < -0.4 is 5.32 Å². The molecule has 3 rings (SSSR count). The van der Waals surface area contributed by atoms with Gasteiger partial charge in [0.05, 0.1) is 11.9 Å². The molecule has 0 saturated carbocycles. The quantitative estimate of drug-likeness (QED) is 0.693. The summed E-state index contributed by atoms with van der Waals surface area (Å²) >= 11 is 6.15. The van der Waals surface area contributed by atoms with E-state index in [0.29, 0.717) is 18.8 Å². The fourth-order valence-corrected chi connectivity index (χ4v) is 2.79. The van der Waals surface area contributed by atoms with Crippen molar-refractivity contribution in [2.75, 3.05) is 12.4 Å². The third-order valence-electron chi connectivity index (χ3n) is 4.03. The van der Waals surface area contributed by atoms with Gasteiger partial charge in [0, 0.05) is 25.2 Å². The van der Waals surface area contributed by atoms with Crippen LogP contribution in [0.1, 0.15) is 21.6 Å². The van der Waals surface area contributed by atoms with E-state index in [0.717, 1.165) is 21.8 Å². The summed E-state index contributed by atoms with van der Waals surface area (Å²) in [4.78, 5) is 18.5. The van der Waals surface area contributed by atoms with Gasteiger partial charge >= 0.3 is 0 Å². The third-order valence-corrected chi connectivity index (χ3v) is 4.40. The smallest absolute Gasteiger partial charge is 0.272 e. The Morgan fingerprint density at radius 1 is 1.04 bits per heavy atom. The van der Waals surface area contributed by atoms with Gasteiger partial charge in [-0.05, 0) is 29.3 Å². The lowest BCUT2D eigenvalue weighted by atomic mass is 10.2. The van der Waals surface area contributed by atoms with Crippen molar-refractivity contribution >= 4 is 23.2 Å². The zero-order chi connectivity index (χ0) is 18.4. The summed E-state index contributed by atoms with van der Waals surface area (Å²) in [5.41, 5.74) is 3.36. The maximum Gasteiger partial charge on any atom is 0.272 e. The molecular formula is C21H20ClN3O. The lowest BCUT2D eigenvalue weighted by molar-refractivity contribution is 0.0779. The molecule has 0 aliphatic carbocycles. The number of nitrogens with zero attached hydrogens (tertiary/aromatic N) is 2. The van der Waals surface area contributed by atoms with Gasteiger partial charge in [-0.2, -0.15) is 0 Å². The number of benzene rings is 2. The summed E-state index contributed by atoms with van der Waals surface area (Å²) in [5, 5.41) is 3.99. The summed E-state index contributed by atoms with van der Waals surface area (Å²) in [6.45, 7) is 1.15. The Morgan fingerprint density at radius 2 is 1.77 bits per heavy atom. The minimum Gasteiger partial charge on any atom is -0.380 e. The lowest BCUT2D eigenvalue weighted by Gasteiger charge is -2.17. The van der Waals surface area contributed by atoms with Crippen molar-refractivity contribution in [3.63, 3.8) is 0 Å². The van der Waals surface area contributed by atoms with E-state index in [9.17, 15) is 4.79 Å². The molecule has 1 amide bonds. The summed E-state index contributed by atoms with van der Waals surface area (Å²) in [6, 6.07) is 21.2. The molecule has 0 fully saturated rings. The Labute approximate surface area is 158 Å². The molecule has 1 aromatic heterocycles. The number of anilines is 1. The molecule has 0 unspecified atom stereocenters. The summed E-state index contributed by atoms with van der Waals surface area (Å²) in [6.07, 6.45) is 1.67. The van der Waals surface area contributed by atoms with E-state index >= 15 is 0 Å². The first-order valence-electron chi connectivity index (χ1n) is 8.36. The van der Waals surface area contributed by atoms with Crippen LogP contribution in [-0.4, -0.2) is 22.8 Å². The predicted molar refractivity (Wildman–Crippen MR) is 105 cm³/mol. The maximum absolute atomic E-state index is 12.5. The van der Waals surface area contributed by atoms with E-state index in [2.05, 4.69) is 10.3 Å². The molecule has 5 heteroatoms. The van der Waals surface area contributed by atoms with Crippen LogP contribution >= 0.6 is 11.6 Å². The molecule has 0 aliphatic rings. The zero-order valence-corrected chi connectivity index (χ0v) is 15.3. The first-order chi connectivity index (χ1) is 12.6. The van der Waals surface area contributed by atoms with Crippen LogP contribution in [0, 0.1) is 0 Å². The van der Waals surface area contributed by atoms with Gasteiger partial charge in [0.15, 0.2) is 0 Å². The predicted octanol–water partition coefficient (Wildman–Crippen LogP) is 4.62. The van der Waals surface area contributed by atoms with Gasteiger partial charge in [-0.25, -0.2) is 4.98 Å². The number of hydrogen-bond acceptors (Lipinski definition) is 3. The summed E-state index contributed by atoms with van der Waals surface area (Å²) in [5.74, 6) is -0.105. The first-order valence-corrected chi connectivity index (χ1v) is 8.74. The maximum atomic E-state index is 12.5. The first kappa shape index (κ1) is 18.0. The molecule has 26 heavy (non-hydrogen) atoms. The zero-order valence-electron chi connectivity index (χ0n) is 14.5. The van der Waals surface area contributed by atoms with Crippen molar-refractivity contribution in [3.05, 3.63) is 94.8 Å². The van der Waals surface area contributed by atoms with Crippen LogP contribution in [0.15, 0.2) is 72.9 Å². The Morgan fingerprint density at radius 3 is 2.46 bits per heavy atom. The van der Waals surface area contributed by atoms with E-state index in [1.807, 2.05) is 60.7 Å². The molecule has 2 aromatic carbocycles. The topological polar surface area (TPSA) is 45.2 Å². The van der Waals surface area contributed by atoms with Crippen LogP contribution in [-0.2, 0) is 13.1 Å². The number of hydrogen-bond donors (Lipinski definition) is 1. The van der Waals surface area contributed by atoms with Crippen LogP contribution in [0.4, 0.5) is 5.69 Å². The van der Waals surface area contributed by atoms with Gasteiger partial charge in [0.25, 0.3) is 5.91 Å². The summed E-state index contributed by atoms with van der Waals surface area (Å²) < 4.78 is 0. The van der Waals surface area contributed by atoms with Gasteiger partial charge < -0.3 is 10.2 Å². The van der Waals surface area contributed by atoms with Gasteiger partial charge in [-0.1, -0.05) is 60.1 Å².